The normalized spacial score (nSPS) is 11.8. The van der Waals surface area contributed by atoms with Gasteiger partial charge in [0.05, 0.1) is 0 Å². The van der Waals surface area contributed by atoms with Crippen molar-refractivity contribution in [2.24, 2.45) is 5.14 Å². The van der Waals surface area contributed by atoms with Crippen LogP contribution in [0.4, 0.5) is 0 Å². The average molecular weight is 259 g/mol. The molecule has 0 spiro atoms. The lowest BCUT2D eigenvalue weighted by Crippen LogP contribution is -2.09. The number of hydrogen-bond acceptors (Lipinski definition) is 4. The maximum absolute atomic E-state index is 11.0. The van der Waals surface area contributed by atoms with Gasteiger partial charge in [0.1, 0.15) is 4.21 Å². The smallest absolute Gasteiger partial charge is 0.224 e. The third-order valence-corrected chi connectivity index (χ3v) is 5.25. The zero-order valence-corrected chi connectivity index (χ0v) is 10.2. The maximum Gasteiger partial charge on any atom is 0.247 e. The van der Waals surface area contributed by atoms with Gasteiger partial charge in [-0.3, -0.25) is 0 Å². The zero-order valence-electron chi connectivity index (χ0n) is 7.71. The van der Waals surface area contributed by atoms with Gasteiger partial charge >= 0.3 is 0 Å². The largest absolute Gasteiger partial charge is 0.247 e. The Morgan fingerprint density at radius 2 is 2.00 bits per heavy atom. The molecule has 80 valence electrons. The van der Waals surface area contributed by atoms with Crippen LogP contribution in [0, 0.1) is 0 Å². The number of primary sulfonamides is 1. The van der Waals surface area contributed by atoms with E-state index < -0.39 is 10.0 Å². The van der Waals surface area contributed by atoms with E-state index in [2.05, 4.69) is 0 Å². The molecule has 0 unspecified atom stereocenters. The van der Waals surface area contributed by atoms with Crippen molar-refractivity contribution in [2.45, 2.75) is 10.6 Å². The number of nitrogens with two attached hydrogens (primary N) is 1. The Balaban J connectivity index is 2.22. The lowest BCUT2D eigenvalue weighted by molar-refractivity contribution is 0.600. The van der Waals surface area contributed by atoms with Crippen LogP contribution in [0.3, 0.4) is 0 Å². The van der Waals surface area contributed by atoms with E-state index in [0.717, 1.165) is 11.3 Å². The molecule has 2 aromatic rings. The first kappa shape index (κ1) is 10.8. The van der Waals surface area contributed by atoms with Gasteiger partial charge in [-0.1, -0.05) is 6.07 Å². The van der Waals surface area contributed by atoms with Crippen LogP contribution in [0.15, 0.2) is 33.9 Å². The number of thiophene rings is 2. The molecule has 0 aromatic carbocycles. The van der Waals surface area contributed by atoms with Gasteiger partial charge in [0, 0.05) is 16.2 Å². The first-order valence-corrected chi connectivity index (χ1v) is 7.44. The summed E-state index contributed by atoms with van der Waals surface area (Å²) < 4.78 is 22.3. The Morgan fingerprint density at radius 1 is 1.20 bits per heavy atom. The molecule has 3 nitrogen and oxygen atoms in total. The summed E-state index contributed by atoms with van der Waals surface area (Å²) in [5.74, 6) is 0. The van der Waals surface area contributed by atoms with Gasteiger partial charge in [-0.25, -0.2) is 13.6 Å². The van der Waals surface area contributed by atoms with E-state index in [1.54, 1.807) is 17.4 Å². The highest BCUT2D eigenvalue weighted by Gasteiger charge is 2.11. The molecule has 2 N–H and O–H groups in total. The van der Waals surface area contributed by atoms with Crippen LogP contribution in [0.2, 0.25) is 0 Å². The van der Waals surface area contributed by atoms with Crippen LogP contribution in [0.1, 0.15) is 9.75 Å². The standard InChI is InChI=1S/C9H9NO2S3/c10-15(11,12)9-4-3-8(14-9)6-7-2-1-5-13-7/h1-5H,6H2,(H2,10,11,12). The number of hydrogen-bond donors (Lipinski definition) is 1. The zero-order chi connectivity index (χ0) is 10.9. The van der Waals surface area contributed by atoms with E-state index in [0.29, 0.717) is 0 Å². The van der Waals surface area contributed by atoms with Crippen LogP contribution in [-0.4, -0.2) is 8.42 Å². The van der Waals surface area contributed by atoms with Gasteiger partial charge in [0.15, 0.2) is 0 Å². The second-order valence-electron chi connectivity index (χ2n) is 3.02. The van der Waals surface area contributed by atoms with Crippen molar-refractivity contribution in [1.29, 1.82) is 0 Å². The molecule has 0 radical (unpaired) electrons. The summed E-state index contributed by atoms with van der Waals surface area (Å²) in [6.07, 6.45) is 0.776. The maximum atomic E-state index is 11.0. The van der Waals surface area contributed by atoms with Crippen molar-refractivity contribution in [3.63, 3.8) is 0 Å². The lowest BCUT2D eigenvalue weighted by atomic mass is 10.3. The summed E-state index contributed by atoms with van der Waals surface area (Å²) in [6.45, 7) is 0. The minimum atomic E-state index is -3.54. The number of sulfonamides is 1. The minimum Gasteiger partial charge on any atom is -0.224 e. The summed E-state index contributed by atoms with van der Waals surface area (Å²) in [7, 11) is -3.54. The third kappa shape index (κ3) is 2.66. The third-order valence-electron chi connectivity index (χ3n) is 1.85. The fraction of sp³-hybridized carbons (Fsp3) is 0.111. The Bertz CT molecular complexity index is 540. The van der Waals surface area contributed by atoms with Crippen molar-refractivity contribution in [2.75, 3.05) is 0 Å². The molecular weight excluding hydrogens is 250 g/mol. The molecule has 0 atom stereocenters. The van der Waals surface area contributed by atoms with Crippen LogP contribution < -0.4 is 5.14 Å². The van der Waals surface area contributed by atoms with Crippen molar-refractivity contribution >= 4 is 32.7 Å². The molecule has 0 aliphatic heterocycles. The molecule has 0 aliphatic carbocycles. The molecule has 0 saturated heterocycles. The molecule has 6 heteroatoms. The molecule has 0 aliphatic rings. The molecule has 15 heavy (non-hydrogen) atoms. The molecular formula is C9H9NO2S3. The van der Waals surface area contributed by atoms with Gasteiger partial charge < -0.3 is 0 Å². The molecule has 0 bridgehead atoms. The van der Waals surface area contributed by atoms with E-state index in [4.69, 9.17) is 5.14 Å². The monoisotopic (exact) mass is 259 g/mol. The first-order chi connectivity index (χ1) is 7.05. The van der Waals surface area contributed by atoms with Crippen molar-refractivity contribution < 1.29 is 8.42 Å². The van der Waals surface area contributed by atoms with Crippen LogP contribution in [0.25, 0.3) is 0 Å². The molecule has 0 amide bonds. The quantitative estimate of drug-likeness (QED) is 0.917. The van der Waals surface area contributed by atoms with Crippen LogP contribution in [-0.2, 0) is 16.4 Å². The molecule has 2 heterocycles. The van der Waals surface area contributed by atoms with E-state index in [1.165, 1.54) is 16.2 Å². The van der Waals surface area contributed by atoms with E-state index in [-0.39, 0.29) is 4.21 Å². The highest BCUT2D eigenvalue weighted by atomic mass is 32.2. The Morgan fingerprint density at radius 3 is 2.53 bits per heavy atom. The number of rotatable bonds is 3. The predicted molar refractivity (Wildman–Crippen MR) is 62.8 cm³/mol. The fourth-order valence-corrected chi connectivity index (χ4v) is 3.81. The Kier molecular flexibility index (Phi) is 2.92. The average Bonchev–Trinajstić information content (AvgIpc) is 2.73. The Labute approximate surface area is 96.2 Å². The molecule has 0 fully saturated rings. The first-order valence-electron chi connectivity index (χ1n) is 4.19. The Hall–Kier alpha value is -0.690. The van der Waals surface area contributed by atoms with Gasteiger partial charge in [0.25, 0.3) is 0 Å². The van der Waals surface area contributed by atoms with E-state index >= 15 is 0 Å². The van der Waals surface area contributed by atoms with Gasteiger partial charge in [-0.15, -0.1) is 22.7 Å². The van der Waals surface area contributed by atoms with Gasteiger partial charge in [-0.2, -0.15) is 0 Å². The SMILES string of the molecule is NS(=O)(=O)c1ccc(Cc2cccs2)s1. The predicted octanol–water partition coefficient (Wildman–Crippen LogP) is 2.05. The summed E-state index contributed by atoms with van der Waals surface area (Å²) in [5.41, 5.74) is 0. The molecule has 2 aromatic heterocycles. The summed E-state index contributed by atoms with van der Waals surface area (Å²) in [4.78, 5) is 2.24. The lowest BCUT2D eigenvalue weighted by Gasteiger charge is -1.92. The van der Waals surface area contributed by atoms with E-state index in [9.17, 15) is 8.42 Å². The summed E-state index contributed by atoms with van der Waals surface area (Å²) in [5, 5.41) is 7.03. The second kappa shape index (κ2) is 4.05. The second-order valence-corrected chi connectivity index (χ2v) is 7.01. The van der Waals surface area contributed by atoms with Gasteiger partial charge in [-0.05, 0) is 23.6 Å². The van der Waals surface area contributed by atoms with Crippen LogP contribution in [0.5, 0.6) is 0 Å². The highest BCUT2D eigenvalue weighted by Crippen LogP contribution is 2.24. The molecule has 2 rings (SSSR count). The summed E-state index contributed by atoms with van der Waals surface area (Å²) >= 11 is 2.89. The van der Waals surface area contributed by atoms with Crippen molar-refractivity contribution in [1.82, 2.24) is 0 Å². The molecule has 0 saturated carbocycles. The van der Waals surface area contributed by atoms with Crippen molar-refractivity contribution in [3.05, 3.63) is 39.4 Å². The highest BCUT2D eigenvalue weighted by molar-refractivity contribution is 7.91. The topological polar surface area (TPSA) is 60.2 Å². The fourth-order valence-electron chi connectivity index (χ4n) is 1.19. The van der Waals surface area contributed by atoms with Gasteiger partial charge in [0.2, 0.25) is 10.0 Å². The summed E-state index contributed by atoms with van der Waals surface area (Å²) in [6, 6.07) is 7.38. The van der Waals surface area contributed by atoms with Crippen molar-refractivity contribution in [3.8, 4) is 0 Å². The van der Waals surface area contributed by atoms with Crippen LogP contribution >= 0.6 is 22.7 Å². The van der Waals surface area contributed by atoms with E-state index in [1.807, 2.05) is 23.6 Å². The minimum absolute atomic E-state index is 0.231.